The maximum atomic E-state index is 12.9. The van der Waals surface area contributed by atoms with Gasteiger partial charge in [-0.15, -0.1) is 0 Å². The van der Waals surface area contributed by atoms with Crippen molar-refractivity contribution in [2.24, 2.45) is 10.8 Å². The topological polar surface area (TPSA) is 142 Å². The summed E-state index contributed by atoms with van der Waals surface area (Å²) in [6.45, 7) is 7.18. The molecule has 2 atom stereocenters. The van der Waals surface area contributed by atoms with Gasteiger partial charge in [-0.05, 0) is 88.8 Å². The first kappa shape index (κ1) is 32.4. The standard InChI is InChI=1S/C27H35O10PS/c1-26(2,3)23(28)35-25(36-24(29)27(4,5)6)37-38(30)22(39(31,32)33)17-11-13-19-12-10-16-21(18-19)34-20-14-8-7-9-15-20/h7-10,12,14-16,18,22,25H,11,13,17H2,1-6H3/p+1. The molecule has 0 heterocycles. The second-order valence-electron chi connectivity index (χ2n) is 10.9. The van der Waals surface area contributed by atoms with E-state index in [1.807, 2.05) is 36.4 Å². The van der Waals surface area contributed by atoms with E-state index in [1.165, 1.54) is 0 Å². The van der Waals surface area contributed by atoms with Crippen LogP contribution in [0, 0.1) is 10.8 Å². The van der Waals surface area contributed by atoms with E-state index in [0.717, 1.165) is 5.56 Å². The third kappa shape index (κ3) is 11.0. The molecule has 12 heteroatoms. The van der Waals surface area contributed by atoms with Crippen molar-refractivity contribution in [1.29, 1.82) is 0 Å². The van der Waals surface area contributed by atoms with Crippen molar-refractivity contribution in [3.63, 3.8) is 0 Å². The molecule has 0 saturated carbocycles. The zero-order chi connectivity index (χ0) is 29.4. The summed E-state index contributed by atoms with van der Waals surface area (Å²) in [4.78, 5) is 22.9. The molecule has 214 valence electrons. The Balaban J connectivity index is 2.10. The molecule has 0 saturated heterocycles. The second kappa shape index (κ2) is 13.5. The minimum atomic E-state index is -4.84. The third-order valence-corrected chi connectivity index (χ3v) is 8.54. The van der Waals surface area contributed by atoms with Gasteiger partial charge in [0, 0.05) is 6.42 Å². The number of carbonyl (C=O) groups is 2. The van der Waals surface area contributed by atoms with Crippen molar-refractivity contribution in [1.82, 2.24) is 0 Å². The Bertz CT molecular complexity index is 1220. The fourth-order valence-corrected chi connectivity index (χ4v) is 5.25. The normalized spacial score (nSPS) is 13.5. The molecular formula is C27H36O10PS+. The largest absolute Gasteiger partial charge is 0.537 e. The number of ether oxygens (including phenoxy) is 3. The summed E-state index contributed by atoms with van der Waals surface area (Å²) in [7, 11) is -8.03. The van der Waals surface area contributed by atoms with Gasteiger partial charge in [0.25, 0.3) is 0 Å². The van der Waals surface area contributed by atoms with Crippen molar-refractivity contribution in [3.05, 3.63) is 60.2 Å². The Hall–Kier alpha value is -2.85. The van der Waals surface area contributed by atoms with Crippen molar-refractivity contribution in [3.8, 4) is 11.5 Å². The Morgan fingerprint density at radius 2 is 1.41 bits per heavy atom. The summed E-state index contributed by atoms with van der Waals surface area (Å²) in [6.07, 6.45) is 0.339. The minimum absolute atomic E-state index is 0.206. The highest BCUT2D eigenvalue weighted by molar-refractivity contribution is 7.92. The third-order valence-electron chi connectivity index (χ3n) is 5.19. The predicted octanol–water partition coefficient (Wildman–Crippen LogP) is 6.24. The van der Waals surface area contributed by atoms with Crippen LogP contribution >= 0.6 is 8.03 Å². The van der Waals surface area contributed by atoms with Crippen LogP contribution in [0.2, 0.25) is 0 Å². The van der Waals surface area contributed by atoms with Gasteiger partial charge in [-0.25, -0.2) is 0 Å². The van der Waals surface area contributed by atoms with E-state index in [-0.39, 0.29) is 12.8 Å². The van der Waals surface area contributed by atoms with Crippen LogP contribution in [0.4, 0.5) is 0 Å². The molecule has 0 aromatic heterocycles. The number of hydrogen-bond donors (Lipinski definition) is 1. The summed E-state index contributed by atoms with van der Waals surface area (Å²) >= 11 is 0. The molecule has 2 aromatic rings. The van der Waals surface area contributed by atoms with Crippen molar-refractivity contribution in [2.75, 3.05) is 0 Å². The molecule has 0 aliphatic rings. The van der Waals surface area contributed by atoms with E-state index in [2.05, 4.69) is 0 Å². The highest BCUT2D eigenvalue weighted by atomic mass is 32.2. The highest BCUT2D eigenvalue weighted by Gasteiger charge is 2.47. The van der Waals surface area contributed by atoms with Gasteiger partial charge in [0.2, 0.25) is 0 Å². The SMILES string of the molecule is CC(C)(C)C(=O)OC(OC(=O)C(C)(C)C)O[P+](=O)C(CCCc1cccc(Oc2ccccc2)c1)S(=O)(=O)O. The molecule has 2 aromatic carbocycles. The van der Waals surface area contributed by atoms with Gasteiger partial charge in [0.15, 0.2) is 0 Å². The molecule has 0 fully saturated rings. The van der Waals surface area contributed by atoms with Crippen LogP contribution in [-0.4, -0.2) is 36.4 Å². The molecule has 1 N–H and O–H groups in total. The number of benzene rings is 2. The van der Waals surface area contributed by atoms with E-state index in [9.17, 15) is 27.1 Å². The van der Waals surface area contributed by atoms with Crippen molar-refractivity contribution in [2.45, 2.75) is 72.3 Å². The maximum Gasteiger partial charge on any atom is 0.537 e. The molecule has 0 amide bonds. The number of esters is 2. The van der Waals surface area contributed by atoms with Gasteiger partial charge in [-0.2, -0.15) is 8.42 Å². The van der Waals surface area contributed by atoms with E-state index in [1.54, 1.807) is 59.7 Å². The first-order chi connectivity index (χ1) is 18.0. The van der Waals surface area contributed by atoms with Gasteiger partial charge in [-0.3, -0.25) is 14.1 Å². The molecule has 0 radical (unpaired) electrons. The second-order valence-corrected chi connectivity index (χ2v) is 14.3. The van der Waals surface area contributed by atoms with Crippen LogP contribution in [0.15, 0.2) is 54.6 Å². The number of hydrogen-bond acceptors (Lipinski definition) is 9. The zero-order valence-corrected chi connectivity index (χ0v) is 24.7. The Kier molecular flexibility index (Phi) is 11.2. The lowest BCUT2D eigenvalue weighted by Gasteiger charge is -2.23. The first-order valence-electron chi connectivity index (χ1n) is 12.3. The number of para-hydroxylation sites is 1. The van der Waals surface area contributed by atoms with Gasteiger partial charge < -0.3 is 14.2 Å². The molecule has 10 nitrogen and oxygen atoms in total. The van der Waals surface area contributed by atoms with Crippen LogP contribution in [0.5, 0.6) is 11.5 Å². The van der Waals surface area contributed by atoms with Crippen LogP contribution in [0.1, 0.15) is 59.9 Å². The fraction of sp³-hybridized carbons (Fsp3) is 0.481. The van der Waals surface area contributed by atoms with Gasteiger partial charge in [0.05, 0.1) is 10.8 Å². The van der Waals surface area contributed by atoms with E-state index in [4.69, 9.17) is 18.7 Å². The summed E-state index contributed by atoms with van der Waals surface area (Å²) in [5.74, 6) is -0.426. The smallest absolute Gasteiger partial charge is 0.457 e. The lowest BCUT2D eigenvalue weighted by atomic mass is 9.97. The molecule has 39 heavy (non-hydrogen) atoms. The average Bonchev–Trinajstić information content (AvgIpc) is 2.80. The highest BCUT2D eigenvalue weighted by Crippen LogP contribution is 2.39. The molecular weight excluding hydrogens is 547 g/mol. The Morgan fingerprint density at radius 3 is 1.92 bits per heavy atom. The summed E-state index contributed by atoms with van der Waals surface area (Å²) in [5.41, 5.74) is -1.23. The molecule has 2 unspecified atom stereocenters. The molecule has 0 aliphatic heterocycles. The van der Waals surface area contributed by atoms with E-state index < -0.39 is 52.4 Å². The van der Waals surface area contributed by atoms with Crippen LogP contribution in [0.3, 0.4) is 0 Å². The number of rotatable bonds is 12. The minimum Gasteiger partial charge on any atom is -0.457 e. The Labute approximate surface area is 230 Å². The van der Waals surface area contributed by atoms with Gasteiger partial charge in [-0.1, -0.05) is 34.9 Å². The quantitative estimate of drug-likeness (QED) is 0.132. The molecule has 0 bridgehead atoms. The predicted molar refractivity (Wildman–Crippen MR) is 145 cm³/mol. The van der Waals surface area contributed by atoms with E-state index >= 15 is 0 Å². The number of aryl methyl sites for hydroxylation is 1. The average molecular weight is 584 g/mol. The van der Waals surface area contributed by atoms with E-state index in [0.29, 0.717) is 17.9 Å². The van der Waals surface area contributed by atoms with Crippen LogP contribution in [-0.2, 0) is 44.7 Å². The summed E-state index contributed by atoms with van der Waals surface area (Å²) in [6, 6.07) is 16.4. The van der Waals surface area contributed by atoms with Crippen LogP contribution < -0.4 is 4.74 Å². The van der Waals surface area contributed by atoms with Crippen molar-refractivity contribution < 1.29 is 45.9 Å². The maximum absolute atomic E-state index is 12.9. The summed E-state index contributed by atoms with van der Waals surface area (Å²) < 4.78 is 67.9. The van der Waals surface area contributed by atoms with Crippen LogP contribution in [0.25, 0.3) is 0 Å². The number of carbonyl (C=O) groups excluding carboxylic acids is 2. The van der Waals surface area contributed by atoms with Crippen molar-refractivity contribution >= 4 is 30.1 Å². The lowest BCUT2D eigenvalue weighted by molar-refractivity contribution is -0.243. The van der Waals surface area contributed by atoms with Gasteiger partial charge >= 0.3 is 41.6 Å². The van der Waals surface area contributed by atoms with Gasteiger partial charge in [0.1, 0.15) is 11.5 Å². The first-order valence-corrected chi connectivity index (χ1v) is 15.1. The monoisotopic (exact) mass is 583 g/mol. The fourth-order valence-electron chi connectivity index (χ4n) is 2.98. The lowest BCUT2D eigenvalue weighted by Crippen LogP contribution is -2.35. The summed E-state index contributed by atoms with van der Waals surface area (Å²) in [5, 5.41) is 0. The zero-order valence-electron chi connectivity index (χ0n) is 22.9. The molecule has 0 spiro atoms. The Morgan fingerprint density at radius 1 is 0.872 bits per heavy atom. The molecule has 2 rings (SSSR count). The molecule has 0 aliphatic carbocycles.